The third kappa shape index (κ3) is 6.33. The van der Waals surface area contributed by atoms with E-state index in [1.807, 2.05) is 42.5 Å². The molecule has 0 heterocycles. The van der Waals surface area contributed by atoms with Crippen LogP contribution in [0.15, 0.2) is 54.6 Å². The molecule has 1 N–H and O–H groups in total. The monoisotopic (exact) mass is 339 g/mol. The summed E-state index contributed by atoms with van der Waals surface area (Å²) in [5, 5.41) is 3.37. The highest BCUT2D eigenvalue weighted by atomic mass is 16.5. The van der Waals surface area contributed by atoms with E-state index in [9.17, 15) is 0 Å². The van der Waals surface area contributed by atoms with Gasteiger partial charge in [0.05, 0.1) is 6.61 Å². The second-order valence-corrected chi connectivity index (χ2v) is 6.75. The maximum atomic E-state index is 5.89. The van der Waals surface area contributed by atoms with Gasteiger partial charge in [-0.05, 0) is 48.7 Å². The summed E-state index contributed by atoms with van der Waals surface area (Å²) < 4.78 is 11.6. The molecule has 0 spiro atoms. The molecule has 3 nitrogen and oxygen atoms in total. The van der Waals surface area contributed by atoms with Crippen molar-refractivity contribution in [3.63, 3.8) is 0 Å². The van der Waals surface area contributed by atoms with E-state index in [1.54, 1.807) is 0 Å². The molecule has 3 heteroatoms. The Morgan fingerprint density at radius 2 is 1.44 bits per heavy atom. The first-order chi connectivity index (χ1) is 12.4. The Labute approximate surface area is 151 Å². The number of anilines is 1. The van der Waals surface area contributed by atoms with Gasteiger partial charge in [0.2, 0.25) is 0 Å². The number of para-hydroxylation sites is 1. The first kappa shape index (κ1) is 17.7. The summed E-state index contributed by atoms with van der Waals surface area (Å²) in [6.45, 7) is 2.25. The number of benzene rings is 2. The maximum absolute atomic E-state index is 5.89. The molecule has 0 unspecified atom stereocenters. The fourth-order valence-corrected chi connectivity index (χ4v) is 3.37. The number of rotatable bonds is 9. The smallest absolute Gasteiger partial charge is 0.119 e. The van der Waals surface area contributed by atoms with Crippen molar-refractivity contribution in [2.75, 3.05) is 25.1 Å². The number of hydrogen-bond acceptors (Lipinski definition) is 3. The van der Waals surface area contributed by atoms with Gasteiger partial charge in [-0.25, -0.2) is 0 Å². The van der Waals surface area contributed by atoms with Crippen molar-refractivity contribution in [3.8, 4) is 11.5 Å². The molecule has 1 aliphatic carbocycles. The Kier molecular flexibility index (Phi) is 7.04. The van der Waals surface area contributed by atoms with Gasteiger partial charge in [0.1, 0.15) is 18.1 Å². The van der Waals surface area contributed by atoms with E-state index >= 15 is 0 Å². The average molecular weight is 339 g/mol. The lowest BCUT2D eigenvalue weighted by atomic mass is 9.87. The summed E-state index contributed by atoms with van der Waals surface area (Å²) in [5.74, 6) is 2.74. The molecule has 134 valence electrons. The standard InChI is InChI=1S/C22H29NO2/c1-3-7-19(8-4-1)15-17-24-22-13-11-20(12-14-22)23-16-18-25-21-9-5-2-6-10-21/h2,5-6,9-14,19,23H,1,3-4,7-8,15-18H2. The molecule has 0 saturated heterocycles. The molecule has 2 aromatic carbocycles. The summed E-state index contributed by atoms with van der Waals surface area (Å²) in [6, 6.07) is 18.1. The van der Waals surface area contributed by atoms with Crippen LogP contribution in [-0.2, 0) is 0 Å². The van der Waals surface area contributed by atoms with Crippen molar-refractivity contribution in [1.82, 2.24) is 0 Å². The van der Waals surface area contributed by atoms with Gasteiger partial charge >= 0.3 is 0 Å². The van der Waals surface area contributed by atoms with E-state index in [0.717, 1.165) is 36.3 Å². The van der Waals surface area contributed by atoms with E-state index in [-0.39, 0.29) is 0 Å². The fraction of sp³-hybridized carbons (Fsp3) is 0.455. The van der Waals surface area contributed by atoms with Crippen LogP contribution in [0.25, 0.3) is 0 Å². The van der Waals surface area contributed by atoms with Crippen molar-refractivity contribution in [2.24, 2.45) is 5.92 Å². The zero-order chi connectivity index (χ0) is 17.2. The van der Waals surface area contributed by atoms with Crippen LogP contribution in [0, 0.1) is 5.92 Å². The van der Waals surface area contributed by atoms with Crippen LogP contribution in [0.5, 0.6) is 11.5 Å². The van der Waals surface area contributed by atoms with Crippen LogP contribution < -0.4 is 14.8 Å². The SMILES string of the molecule is c1ccc(OCCNc2ccc(OCCC3CCCCC3)cc2)cc1. The number of nitrogens with one attached hydrogen (secondary N) is 1. The van der Waals surface area contributed by atoms with Crippen LogP contribution in [0.3, 0.4) is 0 Å². The molecule has 0 bridgehead atoms. The highest BCUT2D eigenvalue weighted by molar-refractivity contribution is 5.46. The van der Waals surface area contributed by atoms with Gasteiger partial charge in [0.15, 0.2) is 0 Å². The molecule has 0 amide bonds. The van der Waals surface area contributed by atoms with Gasteiger partial charge in [-0.15, -0.1) is 0 Å². The highest BCUT2D eigenvalue weighted by Crippen LogP contribution is 2.26. The van der Waals surface area contributed by atoms with Crippen LogP contribution >= 0.6 is 0 Å². The minimum absolute atomic E-state index is 0.643. The van der Waals surface area contributed by atoms with Crippen molar-refractivity contribution >= 4 is 5.69 Å². The summed E-state index contributed by atoms with van der Waals surface area (Å²) in [6.07, 6.45) is 8.19. The third-order valence-electron chi connectivity index (χ3n) is 4.82. The molecular weight excluding hydrogens is 310 g/mol. The third-order valence-corrected chi connectivity index (χ3v) is 4.82. The lowest BCUT2D eigenvalue weighted by Gasteiger charge is -2.21. The first-order valence-corrected chi connectivity index (χ1v) is 9.55. The molecule has 1 fully saturated rings. The van der Waals surface area contributed by atoms with Gasteiger partial charge in [0.25, 0.3) is 0 Å². The minimum atomic E-state index is 0.643. The second-order valence-electron chi connectivity index (χ2n) is 6.75. The quantitative estimate of drug-likeness (QED) is 0.610. The van der Waals surface area contributed by atoms with Crippen LogP contribution in [-0.4, -0.2) is 19.8 Å². The Morgan fingerprint density at radius 1 is 0.760 bits per heavy atom. The van der Waals surface area contributed by atoms with E-state index < -0.39 is 0 Å². The molecule has 3 rings (SSSR count). The molecule has 1 saturated carbocycles. The van der Waals surface area contributed by atoms with Crippen LogP contribution in [0.4, 0.5) is 5.69 Å². The Bertz CT molecular complexity index is 591. The van der Waals surface area contributed by atoms with Gasteiger partial charge in [0, 0.05) is 12.2 Å². The predicted molar refractivity (Wildman–Crippen MR) is 104 cm³/mol. The van der Waals surface area contributed by atoms with Crippen molar-refractivity contribution in [2.45, 2.75) is 38.5 Å². The number of ether oxygens (including phenoxy) is 2. The summed E-state index contributed by atoms with van der Waals surface area (Å²) in [4.78, 5) is 0. The van der Waals surface area contributed by atoms with Gasteiger partial charge in [-0.1, -0.05) is 50.3 Å². The molecule has 1 aliphatic rings. The summed E-state index contributed by atoms with van der Waals surface area (Å²) in [5.41, 5.74) is 1.09. The topological polar surface area (TPSA) is 30.5 Å². The lowest BCUT2D eigenvalue weighted by molar-refractivity contribution is 0.246. The number of hydrogen-bond donors (Lipinski definition) is 1. The van der Waals surface area contributed by atoms with E-state index in [1.165, 1.54) is 38.5 Å². The first-order valence-electron chi connectivity index (χ1n) is 9.55. The van der Waals surface area contributed by atoms with E-state index in [0.29, 0.717) is 6.61 Å². The largest absolute Gasteiger partial charge is 0.494 e. The van der Waals surface area contributed by atoms with Crippen molar-refractivity contribution in [1.29, 1.82) is 0 Å². The molecule has 2 aromatic rings. The Morgan fingerprint density at radius 3 is 2.20 bits per heavy atom. The fourth-order valence-electron chi connectivity index (χ4n) is 3.37. The Hall–Kier alpha value is -2.16. The lowest BCUT2D eigenvalue weighted by Crippen LogP contribution is -2.11. The normalized spacial score (nSPS) is 14.9. The predicted octanol–water partition coefficient (Wildman–Crippen LogP) is 5.53. The highest BCUT2D eigenvalue weighted by Gasteiger charge is 2.12. The Balaban J connectivity index is 1.31. The molecule has 25 heavy (non-hydrogen) atoms. The van der Waals surface area contributed by atoms with Crippen molar-refractivity contribution < 1.29 is 9.47 Å². The second kappa shape index (κ2) is 9.97. The van der Waals surface area contributed by atoms with Gasteiger partial charge in [-0.2, -0.15) is 0 Å². The summed E-state index contributed by atoms with van der Waals surface area (Å²) >= 11 is 0. The van der Waals surface area contributed by atoms with E-state index in [4.69, 9.17) is 9.47 Å². The van der Waals surface area contributed by atoms with Crippen LogP contribution in [0.2, 0.25) is 0 Å². The molecule has 0 radical (unpaired) electrons. The van der Waals surface area contributed by atoms with Crippen molar-refractivity contribution in [3.05, 3.63) is 54.6 Å². The molecular formula is C22H29NO2. The average Bonchev–Trinajstić information content (AvgIpc) is 2.68. The molecule has 0 aliphatic heterocycles. The zero-order valence-electron chi connectivity index (χ0n) is 15.0. The van der Waals surface area contributed by atoms with Gasteiger partial charge < -0.3 is 14.8 Å². The molecule has 0 atom stereocenters. The molecule has 0 aromatic heterocycles. The zero-order valence-corrected chi connectivity index (χ0v) is 15.0. The van der Waals surface area contributed by atoms with Gasteiger partial charge in [-0.3, -0.25) is 0 Å². The minimum Gasteiger partial charge on any atom is -0.494 e. The maximum Gasteiger partial charge on any atom is 0.119 e. The van der Waals surface area contributed by atoms with Crippen LogP contribution in [0.1, 0.15) is 38.5 Å². The van der Waals surface area contributed by atoms with E-state index in [2.05, 4.69) is 17.4 Å². The summed E-state index contributed by atoms with van der Waals surface area (Å²) in [7, 11) is 0.